The van der Waals surface area contributed by atoms with Crippen LogP contribution >= 0.6 is 0 Å². The molecule has 150 valence electrons. The Bertz CT molecular complexity index is 1000. The van der Waals surface area contributed by atoms with E-state index >= 15 is 0 Å². The summed E-state index contributed by atoms with van der Waals surface area (Å²) >= 11 is 0. The predicted molar refractivity (Wildman–Crippen MR) is 107 cm³/mol. The molecule has 2 aromatic carbocycles. The highest BCUT2D eigenvalue weighted by atomic mass is 32.2. The Balaban J connectivity index is 2.14. The van der Waals surface area contributed by atoms with Gasteiger partial charge >= 0.3 is 5.97 Å². The molecule has 0 bridgehead atoms. The zero-order valence-corrected chi connectivity index (χ0v) is 17.1. The van der Waals surface area contributed by atoms with Gasteiger partial charge in [-0.2, -0.15) is 0 Å². The molecule has 0 radical (unpaired) electrons. The lowest BCUT2D eigenvalue weighted by atomic mass is 9.94. The number of rotatable bonds is 5. The maximum Gasteiger partial charge on any atom is 0.341 e. The number of ether oxygens (including phenoxy) is 1. The zero-order valence-electron chi connectivity index (χ0n) is 16.3. The molecule has 0 aliphatic carbocycles. The topological polar surface area (TPSA) is 83.9 Å². The molecule has 1 aliphatic heterocycles. The highest BCUT2D eigenvalue weighted by Gasteiger charge is 2.35. The Morgan fingerprint density at radius 2 is 1.96 bits per heavy atom. The Hall–Kier alpha value is -2.54. The van der Waals surface area contributed by atoms with Crippen molar-refractivity contribution in [2.45, 2.75) is 50.5 Å². The molecular weight excluding hydrogens is 378 g/mol. The molecular formula is C21H25NO5S. The van der Waals surface area contributed by atoms with E-state index in [-0.39, 0.29) is 22.3 Å². The maximum atomic E-state index is 13.5. The Morgan fingerprint density at radius 1 is 1.21 bits per heavy atom. The minimum absolute atomic E-state index is 0.0448. The lowest BCUT2D eigenvalue weighted by Gasteiger charge is -2.37. The van der Waals surface area contributed by atoms with Crippen molar-refractivity contribution >= 4 is 21.7 Å². The van der Waals surface area contributed by atoms with Crippen LogP contribution in [0.1, 0.15) is 48.2 Å². The molecule has 1 aliphatic rings. The van der Waals surface area contributed by atoms with Gasteiger partial charge in [0.15, 0.2) is 0 Å². The SMILES string of the molecule is CCc1ccc2c(c1)CCC(CC)N2S(=O)(=O)c1ccc(O)c(C(=O)OC)c1. The number of methoxy groups -OCH3 is 1. The van der Waals surface area contributed by atoms with Crippen molar-refractivity contribution in [2.24, 2.45) is 0 Å². The molecule has 0 fully saturated rings. The second-order valence-electron chi connectivity index (χ2n) is 6.89. The van der Waals surface area contributed by atoms with E-state index in [1.807, 2.05) is 19.1 Å². The van der Waals surface area contributed by atoms with E-state index < -0.39 is 16.0 Å². The molecule has 2 aromatic rings. The zero-order chi connectivity index (χ0) is 20.5. The molecule has 3 rings (SSSR count). The summed E-state index contributed by atoms with van der Waals surface area (Å²) in [4.78, 5) is 11.8. The maximum absolute atomic E-state index is 13.5. The summed E-state index contributed by atoms with van der Waals surface area (Å²) in [6, 6.07) is 9.44. The second kappa shape index (κ2) is 7.83. The molecule has 0 spiro atoms. The van der Waals surface area contributed by atoms with Gasteiger partial charge < -0.3 is 9.84 Å². The van der Waals surface area contributed by atoms with Gasteiger partial charge in [0, 0.05) is 6.04 Å². The number of phenolic OH excluding ortho intramolecular Hbond substituents is 1. The fourth-order valence-electron chi connectivity index (χ4n) is 3.67. The molecule has 1 N–H and O–H groups in total. The van der Waals surface area contributed by atoms with Crippen LogP contribution in [0.25, 0.3) is 0 Å². The van der Waals surface area contributed by atoms with Crippen molar-refractivity contribution in [3.05, 3.63) is 53.1 Å². The summed E-state index contributed by atoms with van der Waals surface area (Å²) in [7, 11) is -2.74. The number of carbonyl (C=O) groups is 1. The first-order valence-electron chi connectivity index (χ1n) is 9.41. The van der Waals surface area contributed by atoms with Crippen LogP contribution in [0, 0.1) is 0 Å². The molecule has 0 amide bonds. The van der Waals surface area contributed by atoms with Crippen LogP contribution in [-0.2, 0) is 27.6 Å². The number of hydrogen-bond acceptors (Lipinski definition) is 5. The number of aromatic hydroxyl groups is 1. The van der Waals surface area contributed by atoms with Gasteiger partial charge in [-0.1, -0.05) is 26.0 Å². The average molecular weight is 404 g/mol. The number of hydrogen-bond donors (Lipinski definition) is 1. The van der Waals surface area contributed by atoms with Crippen LogP contribution in [-0.4, -0.2) is 32.6 Å². The van der Waals surface area contributed by atoms with Gasteiger partial charge in [0.25, 0.3) is 10.0 Å². The highest BCUT2D eigenvalue weighted by molar-refractivity contribution is 7.92. The minimum Gasteiger partial charge on any atom is -0.507 e. The molecule has 0 aromatic heterocycles. The van der Waals surface area contributed by atoms with E-state index in [1.54, 1.807) is 0 Å². The smallest absolute Gasteiger partial charge is 0.341 e. The normalized spacial score (nSPS) is 16.5. The summed E-state index contributed by atoms with van der Waals surface area (Å²) in [6.45, 7) is 4.04. The van der Waals surface area contributed by atoms with Crippen molar-refractivity contribution < 1.29 is 23.1 Å². The van der Waals surface area contributed by atoms with Crippen molar-refractivity contribution in [1.82, 2.24) is 0 Å². The fraction of sp³-hybridized carbons (Fsp3) is 0.381. The number of benzene rings is 2. The largest absolute Gasteiger partial charge is 0.507 e. The quantitative estimate of drug-likeness (QED) is 0.770. The number of carbonyl (C=O) groups excluding carboxylic acids is 1. The van der Waals surface area contributed by atoms with E-state index in [0.717, 1.165) is 24.8 Å². The van der Waals surface area contributed by atoms with E-state index in [0.29, 0.717) is 12.1 Å². The number of esters is 1. The third-order valence-corrected chi connectivity index (χ3v) is 7.13. The molecule has 28 heavy (non-hydrogen) atoms. The molecule has 0 saturated heterocycles. The third-order valence-electron chi connectivity index (χ3n) is 5.27. The number of aryl methyl sites for hydroxylation is 2. The monoisotopic (exact) mass is 403 g/mol. The Morgan fingerprint density at radius 3 is 2.61 bits per heavy atom. The second-order valence-corrected chi connectivity index (χ2v) is 8.70. The van der Waals surface area contributed by atoms with Gasteiger partial charge in [-0.05, 0) is 61.1 Å². The van der Waals surface area contributed by atoms with E-state index in [4.69, 9.17) is 0 Å². The van der Waals surface area contributed by atoms with E-state index in [9.17, 15) is 18.3 Å². The minimum atomic E-state index is -3.92. The summed E-state index contributed by atoms with van der Waals surface area (Å²) in [5.74, 6) is -1.10. The van der Waals surface area contributed by atoms with Crippen LogP contribution in [0.2, 0.25) is 0 Å². The molecule has 1 atom stereocenters. The fourth-order valence-corrected chi connectivity index (χ4v) is 5.49. The molecule has 1 unspecified atom stereocenters. The molecule has 0 saturated carbocycles. The van der Waals surface area contributed by atoms with Crippen LogP contribution in [0.3, 0.4) is 0 Å². The summed E-state index contributed by atoms with van der Waals surface area (Å²) in [6.07, 6.45) is 3.13. The van der Waals surface area contributed by atoms with Crippen LogP contribution in [0.4, 0.5) is 5.69 Å². The summed E-state index contributed by atoms with van der Waals surface area (Å²) in [5.41, 5.74) is 2.70. The predicted octanol–water partition coefficient (Wildman–Crippen LogP) is 3.66. The van der Waals surface area contributed by atoms with Crippen molar-refractivity contribution in [3.8, 4) is 5.75 Å². The van der Waals surface area contributed by atoms with Crippen LogP contribution in [0.5, 0.6) is 5.75 Å². The first-order valence-corrected chi connectivity index (χ1v) is 10.8. The number of sulfonamides is 1. The van der Waals surface area contributed by atoms with E-state index in [2.05, 4.69) is 17.7 Å². The molecule has 6 nitrogen and oxygen atoms in total. The first-order chi connectivity index (χ1) is 13.3. The average Bonchev–Trinajstić information content (AvgIpc) is 2.71. The van der Waals surface area contributed by atoms with Gasteiger partial charge in [-0.25, -0.2) is 13.2 Å². The van der Waals surface area contributed by atoms with Gasteiger partial charge in [0.05, 0.1) is 17.7 Å². The van der Waals surface area contributed by atoms with E-state index in [1.165, 1.54) is 35.2 Å². The standard InChI is InChI=1S/C21H25NO5S/c1-4-14-6-10-19-15(12-14)7-8-16(5-2)22(19)28(25,26)17-9-11-20(23)18(13-17)21(24)27-3/h6,9-13,16,23H,4-5,7-8H2,1-3H3. The number of fused-ring (bicyclic) bond motifs is 1. The third kappa shape index (κ3) is 3.46. The lowest BCUT2D eigenvalue weighted by molar-refractivity contribution is 0.0597. The number of nitrogens with zero attached hydrogens (tertiary/aromatic N) is 1. The van der Waals surface area contributed by atoms with Crippen LogP contribution < -0.4 is 4.31 Å². The van der Waals surface area contributed by atoms with Gasteiger partial charge in [-0.15, -0.1) is 0 Å². The number of phenols is 1. The van der Waals surface area contributed by atoms with Crippen molar-refractivity contribution in [3.63, 3.8) is 0 Å². The van der Waals surface area contributed by atoms with Crippen molar-refractivity contribution in [1.29, 1.82) is 0 Å². The Labute approximate surface area is 165 Å². The van der Waals surface area contributed by atoms with Gasteiger partial charge in [-0.3, -0.25) is 4.31 Å². The summed E-state index contributed by atoms with van der Waals surface area (Å²) < 4.78 is 33.2. The number of anilines is 1. The molecule has 7 heteroatoms. The van der Waals surface area contributed by atoms with Gasteiger partial charge in [0.2, 0.25) is 0 Å². The summed E-state index contributed by atoms with van der Waals surface area (Å²) in [5, 5.41) is 9.92. The Kier molecular flexibility index (Phi) is 5.65. The van der Waals surface area contributed by atoms with Crippen LogP contribution in [0.15, 0.2) is 41.3 Å². The lowest BCUT2D eigenvalue weighted by Crippen LogP contribution is -2.43. The van der Waals surface area contributed by atoms with Gasteiger partial charge in [0.1, 0.15) is 11.3 Å². The molecule has 1 heterocycles. The highest BCUT2D eigenvalue weighted by Crippen LogP contribution is 2.37. The first kappa shape index (κ1) is 20.2. The van der Waals surface area contributed by atoms with Crippen molar-refractivity contribution in [2.75, 3.05) is 11.4 Å².